The summed E-state index contributed by atoms with van der Waals surface area (Å²) in [6.07, 6.45) is 7.22. The predicted octanol–water partition coefficient (Wildman–Crippen LogP) is 0.583. The quantitative estimate of drug-likeness (QED) is 0.712. The van der Waals surface area contributed by atoms with Gasteiger partial charge in [-0.25, -0.2) is 9.59 Å². The lowest BCUT2D eigenvalue weighted by Crippen LogP contribution is -2.15. The van der Waals surface area contributed by atoms with E-state index in [4.69, 9.17) is 10.2 Å². The molecule has 0 saturated carbocycles. The van der Waals surface area contributed by atoms with Crippen LogP contribution in [0.3, 0.4) is 0 Å². The van der Waals surface area contributed by atoms with Gasteiger partial charge >= 0.3 is 11.9 Å². The van der Waals surface area contributed by atoms with Gasteiger partial charge in [-0.3, -0.25) is 9.59 Å². The molecule has 0 fully saturated rings. The Bertz CT molecular complexity index is 637. The van der Waals surface area contributed by atoms with Gasteiger partial charge in [0, 0.05) is 0 Å². The molecule has 0 unspecified atom stereocenters. The van der Waals surface area contributed by atoms with Crippen LogP contribution >= 0.6 is 0 Å². The molecule has 0 saturated heterocycles. The largest absolute Gasteiger partial charge is 0.478 e. The molecule has 2 aliphatic rings. The van der Waals surface area contributed by atoms with Crippen LogP contribution in [0.25, 0.3) is 0 Å². The lowest BCUT2D eigenvalue weighted by Gasteiger charge is -2.11. The summed E-state index contributed by atoms with van der Waals surface area (Å²) in [5.74, 6) is -4.01. The normalized spacial score (nSPS) is 21.6. The van der Waals surface area contributed by atoms with Gasteiger partial charge in [-0.05, 0) is 35.5 Å². The molecule has 0 aromatic heterocycles. The molecular formula is C14H8O6. The Hall–Kier alpha value is -3.02. The highest BCUT2D eigenvalue weighted by molar-refractivity contribution is 6.23. The minimum atomic E-state index is -1.37. The summed E-state index contributed by atoms with van der Waals surface area (Å²) in [7, 11) is 0. The fourth-order valence-electron chi connectivity index (χ4n) is 1.75. The molecule has 0 heterocycles. The van der Waals surface area contributed by atoms with Crippen molar-refractivity contribution in [1.82, 2.24) is 0 Å². The van der Waals surface area contributed by atoms with Gasteiger partial charge in [0.2, 0.25) is 0 Å². The maximum absolute atomic E-state index is 11.3. The van der Waals surface area contributed by atoms with Crippen molar-refractivity contribution in [3.05, 3.63) is 58.7 Å². The van der Waals surface area contributed by atoms with Crippen molar-refractivity contribution in [2.24, 2.45) is 0 Å². The second-order valence-electron chi connectivity index (χ2n) is 4.03. The third-order valence-electron chi connectivity index (χ3n) is 2.75. The minimum absolute atomic E-state index is 0.351. The summed E-state index contributed by atoms with van der Waals surface area (Å²) in [5, 5.41) is 17.8. The van der Waals surface area contributed by atoms with Gasteiger partial charge in [0.1, 0.15) is 11.1 Å². The zero-order chi connectivity index (χ0) is 14.9. The van der Waals surface area contributed by atoms with Crippen molar-refractivity contribution in [1.29, 1.82) is 0 Å². The van der Waals surface area contributed by atoms with Gasteiger partial charge in [0.05, 0.1) is 0 Å². The Kier molecular flexibility index (Phi) is 3.30. The molecule has 0 radical (unpaired) electrons. The first-order chi connectivity index (χ1) is 9.40. The van der Waals surface area contributed by atoms with Crippen molar-refractivity contribution >= 4 is 23.5 Å². The van der Waals surface area contributed by atoms with Crippen molar-refractivity contribution in [3.8, 4) is 0 Å². The van der Waals surface area contributed by atoms with Crippen LogP contribution in [-0.2, 0) is 19.2 Å². The highest BCUT2D eigenvalue weighted by Gasteiger charge is 2.22. The van der Waals surface area contributed by atoms with E-state index in [-0.39, 0.29) is 0 Å². The zero-order valence-corrected chi connectivity index (χ0v) is 9.99. The summed E-state index contributed by atoms with van der Waals surface area (Å²) in [6, 6.07) is 0. The van der Waals surface area contributed by atoms with E-state index in [0.717, 1.165) is 24.3 Å². The molecule has 0 aromatic rings. The highest BCUT2D eigenvalue weighted by atomic mass is 16.4. The minimum Gasteiger partial charge on any atom is -0.478 e. The monoisotopic (exact) mass is 272 g/mol. The van der Waals surface area contributed by atoms with Crippen LogP contribution in [0.2, 0.25) is 0 Å². The number of carboxylic acid groups (broad SMARTS) is 2. The number of carbonyl (C=O) groups excluding carboxylic acids is 2. The lowest BCUT2D eigenvalue weighted by atomic mass is 9.92. The topological polar surface area (TPSA) is 109 Å². The number of rotatable bonds is 2. The molecule has 2 N–H and O–H groups in total. The molecule has 20 heavy (non-hydrogen) atoms. The molecule has 0 atom stereocenters. The molecule has 0 amide bonds. The average molecular weight is 272 g/mol. The Morgan fingerprint density at radius 1 is 0.700 bits per heavy atom. The third kappa shape index (κ3) is 2.39. The van der Waals surface area contributed by atoms with E-state index in [1.165, 1.54) is 12.2 Å². The summed E-state index contributed by atoms with van der Waals surface area (Å²) < 4.78 is 0. The van der Waals surface area contributed by atoms with Crippen LogP contribution in [-0.4, -0.2) is 33.7 Å². The van der Waals surface area contributed by atoms with E-state index >= 15 is 0 Å². The lowest BCUT2D eigenvalue weighted by molar-refractivity contribution is -0.135. The second kappa shape index (κ2) is 4.93. The van der Waals surface area contributed by atoms with E-state index in [9.17, 15) is 19.2 Å². The Labute approximate surface area is 112 Å². The number of ketones is 2. The van der Waals surface area contributed by atoms with Gasteiger partial charge in [0.15, 0.2) is 11.6 Å². The molecule has 2 aliphatic carbocycles. The van der Waals surface area contributed by atoms with E-state index in [0.29, 0.717) is 11.1 Å². The zero-order valence-electron chi connectivity index (χ0n) is 9.99. The third-order valence-corrected chi connectivity index (χ3v) is 2.75. The maximum atomic E-state index is 11.3. The summed E-state index contributed by atoms with van der Waals surface area (Å²) >= 11 is 0. The van der Waals surface area contributed by atoms with Crippen molar-refractivity contribution in [3.63, 3.8) is 0 Å². The number of carbonyl (C=O) groups is 4. The van der Waals surface area contributed by atoms with Gasteiger partial charge in [-0.1, -0.05) is 12.2 Å². The van der Waals surface area contributed by atoms with E-state index in [2.05, 4.69) is 0 Å². The second-order valence-corrected chi connectivity index (χ2v) is 4.03. The molecular weight excluding hydrogens is 264 g/mol. The first-order valence-corrected chi connectivity index (χ1v) is 5.49. The molecule has 0 spiro atoms. The number of aliphatic carboxylic acids is 2. The Morgan fingerprint density at radius 3 is 1.35 bits per heavy atom. The summed E-state index contributed by atoms with van der Waals surface area (Å²) in [5.41, 5.74) is -0.120. The van der Waals surface area contributed by atoms with Gasteiger partial charge < -0.3 is 10.2 Å². The molecule has 6 heteroatoms. The predicted molar refractivity (Wildman–Crippen MR) is 66.8 cm³/mol. The van der Waals surface area contributed by atoms with Crippen LogP contribution < -0.4 is 0 Å². The number of carboxylic acids is 2. The number of hydrogen-bond donors (Lipinski definition) is 2. The molecule has 100 valence electrons. The first kappa shape index (κ1) is 13.4. The highest BCUT2D eigenvalue weighted by Crippen LogP contribution is 2.22. The summed E-state index contributed by atoms with van der Waals surface area (Å²) in [6.45, 7) is 0. The van der Waals surface area contributed by atoms with Gasteiger partial charge in [0.25, 0.3) is 0 Å². The van der Waals surface area contributed by atoms with Gasteiger partial charge in [-0.2, -0.15) is 0 Å². The van der Waals surface area contributed by atoms with Crippen LogP contribution in [0.4, 0.5) is 0 Å². The Balaban J connectivity index is 2.54. The number of allylic oxidation sites excluding steroid dienone is 8. The first-order valence-electron chi connectivity index (χ1n) is 5.49. The van der Waals surface area contributed by atoms with Crippen LogP contribution in [0.15, 0.2) is 58.7 Å². The van der Waals surface area contributed by atoms with Crippen LogP contribution in [0.1, 0.15) is 0 Å². The van der Waals surface area contributed by atoms with E-state index in [1.54, 1.807) is 0 Å². The summed E-state index contributed by atoms with van der Waals surface area (Å²) in [4.78, 5) is 44.5. The fraction of sp³-hybridized carbons (Fsp3) is 0. The maximum Gasteiger partial charge on any atom is 0.339 e. The smallest absolute Gasteiger partial charge is 0.339 e. The van der Waals surface area contributed by atoms with E-state index < -0.39 is 34.7 Å². The van der Waals surface area contributed by atoms with Crippen LogP contribution in [0.5, 0.6) is 0 Å². The van der Waals surface area contributed by atoms with Crippen molar-refractivity contribution in [2.75, 3.05) is 0 Å². The Morgan fingerprint density at radius 2 is 1.05 bits per heavy atom. The average Bonchev–Trinajstić information content (AvgIpc) is 2.39. The number of hydrogen-bond acceptors (Lipinski definition) is 4. The van der Waals surface area contributed by atoms with Gasteiger partial charge in [-0.15, -0.1) is 0 Å². The van der Waals surface area contributed by atoms with Crippen molar-refractivity contribution < 1.29 is 29.4 Å². The molecule has 0 aliphatic heterocycles. The standard InChI is InChI=1S/C14H8O6/c15-11-3-1-7(5-9(11)13(17)18)8-2-4-12(16)10(6-8)14(19)20/h1-6H,(H,17,18)(H,19,20). The SMILES string of the molecule is O=C(O)C1=CC(=C2C=CC(=O)C(C(=O)O)=C2)C=CC1=O. The van der Waals surface area contributed by atoms with E-state index in [1.807, 2.05) is 0 Å². The van der Waals surface area contributed by atoms with Crippen molar-refractivity contribution in [2.45, 2.75) is 0 Å². The molecule has 0 aromatic carbocycles. The van der Waals surface area contributed by atoms with Crippen LogP contribution in [0, 0.1) is 0 Å². The molecule has 6 nitrogen and oxygen atoms in total. The molecule has 0 bridgehead atoms. The molecule has 2 rings (SSSR count). The fourth-order valence-corrected chi connectivity index (χ4v) is 1.75.